The van der Waals surface area contributed by atoms with E-state index in [2.05, 4.69) is 23.3 Å². The predicted molar refractivity (Wildman–Crippen MR) is 148 cm³/mol. The van der Waals surface area contributed by atoms with Gasteiger partial charge in [0.25, 0.3) is 5.91 Å². The molecule has 1 aromatic carbocycles. The van der Waals surface area contributed by atoms with Crippen LogP contribution in [-0.4, -0.2) is 102 Å². The van der Waals surface area contributed by atoms with Crippen LogP contribution in [0.3, 0.4) is 0 Å². The zero-order chi connectivity index (χ0) is 28.1. The molecule has 4 aliphatic rings. The average molecular weight is 572 g/mol. The number of aromatic nitrogens is 1. The second kappa shape index (κ2) is 10.6. The van der Waals surface area contributed by atoms with E-state index in [9.17, 15) is 14.0 Å². The molecule has 1 aromatic heterocycles. The van der Waals surface area contributed by atoms with E-state index in [1.807, 2.05) is 0 Å². The molecule has 0 spiro atoms. The number of carbonyl (C=O) groups is 2. The van der Waals surface area contributed by atoms with Crippen LogP contribution < -0.4 is 9.64 Å². The lowest BCUT2D eigenvalue weighted by molar-refractivity contribution is -0.128. The zero-order valence-corrected chi connectivity index (χ0v) is 23.1. The number of piperazine rings is 1. The summed E-state index contributed by atoms with van der Waals surface area (Å²) >= 11 is 6.86. The molecule has 3 saturated heterocycles. The highest BCUT2D eigenvalue weighted by molar-refractivity contribution is 6.35. The predicted octanol–water partition coefficient (Wildman–Crippen LogP) is 3.78. The number of hydrogen-bond acceptors (Lipinski definition) is 6. The molecule has 0 aliphatic carbocycles. The fraction of sp³-hybridized carbons (Fsp3) is 0.483. The van der Waals surface area contributed by atoms with E-state index in [1.165, 1.54) is 12.1 Å². The number of anilines is 1. The molecule has 0 bridgehead atoms. The minimum Gasteiger partial charge on any atom is -0.489 e. The molecule has 0 saturated carbocycles. The van der Waals surface area contributed by atoms with Gasteiger partial charge in [-0.2, -0.15) is 0 Å². The van der Waals surface area contributed by atoms with Crippen molar-refractivity contribution in [3.05, 3.63) is 53.3 Å². The summed E-state index contributed by atoms with van der Waals surface area (Å²) in [6.07, 6.45) is 1.73. The van der Waals surface area contributed by atoms with Crippen molar-refractivity contribution in [2.24, 2.45) is 0 Å². The molecule has 2 aromatic rings. The molecular formula is C29H32ClF2N5O3. The Hall–Kier alpha value is -3.24. The Bertz CT molecular complexity index is 1360. The van der Waals surface area contributed by atoms with Crippen LogP contribution in [0.25, 0.3) is 11.3 Å². The third-order valence-corrected chi connectivity index (χ3v) is 8.92. The van der Waals surface area contributed by atoms with Crippen molar-refractivity contribution < 1.29 is 23.1 Å². The van der Waals surface area contributed by atoms with E-state index in [0.717, 1.165) is 6.42 Å². The first-order valence-electron chi connectivity index (χ1n) is 13.7. The second-order valence-electron chi connectivity index (χ2n) is 11.0. The summed E-state index contributed by atoms with van der Waals surface area (Å²) in [6.45, 7) is 8.37. The SMILES string of the molecule is C=CC(=O)N1CCN2C(=O)c3c(N4CC(N5CCC(F)C5)C[C@@H]4C)nc(-c4ccccc4F)c(Cl)c3OC[C@H]2C1. The summed E-state index contributed by atoms with van der Waals surface area (Å²) in [5.41, 5.74) is 0.652. The lowest BCUT2D eigenvalue weighted by Gasteiger charge is -2.39. The van der Waals surface area contributed by atoms with Gasteiger partial charge in [0.15, 0.2) is 5.75 Å². The average Bonchev–Trinajstić information content (AvgIpc) is 3.52. The first kappa shape index (κ1) is 27.0. The van der Waals surface area contributed by atoms with Gasteiger partial charge in [0, 0.05) is 56.9 Å². The van der Waals surface area contributed by atoms with Crippen molar-refractivity contribution in [2.75, 3.05) is 50.8 Å². The van der Waals surface area contributed by atoms with Gasteiger partial charge in [-0.15, -0.1) is 0 Å². The molecule has 40 heavy (non-hydrogen) atoms. The summed E-state index contributed by atoms with van der Waals surface area (Å²) in [5.74, 6) is -0.415. The van der Waals surface area contributed by atoms with Gasteiger partial charge >= 0.3 is 0 Å². The fourth-order valence-electron chi connectivity index (χ4n) is 6.45. The third kappa shape index (κ3) is 4.60. The highest BCUT2D eigenvalue weighted by atomic mass is 35.5. The van der Waals surface area contributed by atoms with E-state index < -0.39 is 18.0 Å². The first-order chi connectivity index (χ1) is 19.3. The van der Waals surface area contributed by atoms with Crippen molar-refractivity contribution in [2.45, 2.75) is 44.1 Å². The molecule has 0 N–H and O–H groups in total. The molecule has 3 fully saturated rings. The normalized spacial score (nSPS) is 26.8. The maximum absolute atomic E-state index is 15.0. The number of ether oxygens (including phenoxy) is 1. The smallest absolute Gasteiger partial charge is 0.261 e. The monoisotopic (exact) mass is 571 g/mol. The Kier molecular flexibility index (Phi) is 7.16. The molecule has 2 amide bonds. The Labute approximate surface area is 237 Å². The van der Waals surface area contributed by atoms with Gasteiger partial charge in [-0.05, 0) is 38.0 Å². The molecule has 6 rings (SSSR count). The maximum atomic E-state index is 15.0. The Balaban J connectivity index is 1.44. The van der Waals surface area contributed by atoms with E-state index in [4.69, 9.17) is 21.3 Å². The largest absolute Gasteiger partial charge is 0.489 e. The summed E-state index contributed by atoms with van der Waals surface area (Å²) in [6, 6.07) is 5.93. The number of benzene rings is 1. The van der Waals surface area contributed by atoms with E-state index >= 15 is 4.39 Å². The minimum atomic E-state index is -0.833. The Morgan fingerprint density at radius 3 is 2.67 bits per heavy atom. The molecule has 11 heteroatoms. The molecule has 2 unspecified atom stereocenters. The summed E-state index contributed by atoms with van der Waals surface area (Å²) < 4.78 is 35.3. The van der Waals surface area contributed by atoms with E-state index in [0.29, 0.717) is 51.5 Å². The van der Waals surface area contributed by atoms with Crippen LogP contribution in [0.5, 0.6) is 5.75 Å². The number of amides is 2. The van der Waals surface area contributed by atoms with Gasteiger partial charge in [0.05, 0.1) is 11.7 Å². The van der Waals surface area contributed by atoms with Crippen molar-refractivity contribution in [1.29, 1.82) is 0 Å². The lowest BCUT2D eigenvalue weighted by atomic mass is 10.1. The Morgan fingerprint density at radius 1 is 1.15 bits per heavy atom. The number of alkyl halides is 1. The summed E-state index contributed by atoms with van der Waals surface area (Å²) in [4.78, 5) is 39.0. The summed E-state index contributed by atoms with van der Waals surface area (Å²) in [7, 11) is 0. The van der Waals surface area contributed by atoms with Crippen LogP contribution in [0.4, 0.5) is 14.6 Å². The van der Waals surface area contributed by atoms with Gasteiger partial charge in [0.2, 0.25) is 5.91 Å². The fourth-order valence-corrected chi connectivity index (χ4v) is 6.75. The van der Waals surface area contributed by atoms with Crippen molar-refractivity contribution in [1.82, 2.24) is 19.7 Å². The van der Waals surface area contributed by atoms with Gasteiger partial charge < -0.3 is 19.4 Å². The Morgan fingerprint density at radius 2 is 1.95 bits per heavy atom. The highest BCUT2D eigenvalue weighted by Crippen LogP contribution is 2.45. The molecule has 212 valence electrons. The standard InChI is InChI=1S/C29H32ClF2N5O3/c1-3-23(38)35-10-11-36-20(14-35)16-40-27-24(29(36)39)28(33-26(25(27)30)21-6-4-5-7-22(21)32)37-15-19(12-17(37)2)34-9-8-18(31)13-34/h3-7,17-20H,1,8-16H2,2H3/t17-,18?,19?,20+/m0/s1. The second-order valence-corrected chi connectivity index (χ2v) is 11.4. The van der Waals surface area contributed by atoms with E-state index in [1.54, 1.807) is 28.0 Å². The summed E-state index contributed by atoms with van der Waals surface area (Å²) in [5, 5.41) is 0.0688. The number of carbonyl (C=O) groups excluding carboxylic acids is 2. The number of rotatable bonds is 4. The van der Waals surface area contributed by atoms with Crippen molar-refractivity contribution in [3.63, 3.8) is 0 Å². The molecule has 5 heterocycles. The third-order valence-electron chi connectivity index (χ3n) is 8.57. The highest BCUT2D eigenvalue weighted by Gasteiger charge is 2.43. The number of nitrogens with zero attached hydrogens (tertiary/aromatic N) is 5. The molecule has 4 atom stereocenters. The van der Waals surface area contributed by atoms with Crippen LogP contribution in [0.15, 0.2) is 36.9 Å². The van der Waals surface area contributed by atoms with Gasteiger partial charge in [-0.3, -0.25) is 14.5 Å². The molecule has 0 radical (unpaired) electrons. The molecular weight excluding hydrogens is 540 g/mol. The van der Waals surface area contributed by atoms with Gasteiger partial charge in [-0.1, -0.05) is 30.3 Å². The number of pyridine rings is 1. The van der Waals surface area contributed by atoms with Crippen LogP contribution >= 0.6 is 11.6 Å². The molecule has 4 aliphatic heterocycles. The molecule has 8 nitrogen and oxygen atoms in total. The maximum Gasteiger partial charge on any atom is 0.261 e. The number of hydrogen-bond donors (Lipinski definition) is 0. The quantitative estimate of drug-likeness (QED) is 0.520. The minimum absolute atomic E-state index is 0.0104. The van der Waals surface area contributed by atoms with Crippen molar-refractivity contribution >= 4 is 29.2 Å². The zero-order valence-electron chi connectivity index (χ0n) is 22.4. The van der Waals surface area contributed by atoms with E-state index in [-0.39, 0.29) is 58.1 Å². The number of fused-ring (bicyclic) bond motifs is 2. The van der Waals surface area contributed by atoms with Gasteiger partial charge in [0.1, 0.15) is 35.0 Å². The number of likely N-dealkylation sites (tertiary alicyclic amines) is 1. The topological polar surface area (TPSA) is 69.2 Å². The van der Waals surface area contributed by atoms with Crippen LogP contribution in [0, 0.1) is 5.82 Å². The number of halogens is 3. The van der Waals surface area contributed by atoms with Crippen LogP contribution in [0.1, 0.15) is 30.1 Å². The van der Waals surface area contributed by atoms with Crippen molar-refractivity contribution in [3.8, 4) is 17.0 Å². The lowest BCUT2D eigenvalue weighted by Crippen LogP contribution is -2.57. The van der Waals surface area contributed by atoms with Crippen LogP contribution in [0.2, 0.25) is 5.02 Å². The van der Waals surface area contributed by atoms with Gasteiger partial charge in [-0.25, -0.2) is 13.8 Å². The van der Waals surface area contributed by atoms with Crippen LogP contribution in [-0.2, 0) is 4.79 Å². The first-order valence-corrected chi connectivity index (χ1v) is 14.1.